The van der Waals surface area contributed by atoms with Gasteiger partial charge in [-0.3, -0.25) is 0 Å². The summed E-state index contributed by atoms with van der Waals surface area (Å²) in [7, 11) is -4.09. The number of sulfonamides is 1. The molecule has 3 N–H and O–H groups in total. The van der Waals surface area contributed by atoms with Crippen molar-refractivity contribution in [2.24, 2.45) is 0 Å². The van der Waals surface area contributed by atoms with Crippen molar-refractivity contribution >= 4 is 27.3 Å². The Labute approximate surface area is 113 Å². The average molecular weight is 306 g/mol. The van der Waals surface area contributed by atoms with E-state index in [0.29, 0.717) is 5.76 Å². The van der Waals surface area contributed by atoms with Gasteiger partial charge in [-0.05, 0) is 12.1 Å². The summed E-state index contributed by atoms with van der Waals surface area (Å²) in [6, 6.07) is 3.59. The van der Waals surface area contributed by atoms with Gasteiger partial charge in [0.25, 0.3) is 0 Å². The van der Waals surface area contributed by atoms with Crippen LogP contribution in [-0.4, -0.2) is 13.6 Å². The molecule has 0 fully saturated rings. The fourth-order valence-corrected chi connectivity index (χ4v) is 2.77. The van der Waals surface area contributed by atoms with Crippen LogP contribution in [0.3, 0.4) is 0 Å². The van der Waals surface area contributed by atoms with Crippen molar-refractivity contribution in [1.82, 2.24) is 9.88 Å². The van der Waals surface area contributed by atoms with Crippen LogP contribution in [0.1, 0.15) is 5.76 Å². The third kappa shape index (κ3) is 3.03. The summed E-state index contributed by atoms with van der Waals surface area (Å²) in [5, 5.41) is 3.44. The average Bonchev–Trinajstić information content (AvgIpc) is 2.84. The quantitative estimate of drug-likeness (QED) is 0.835. The molecule has 0 spiro atoms. The van der Waals surface area contributed by atoms with Crippen molar-refractivity contribution in [3.8, 4) is 0 Å². The second kappa shape index (κ2) is 5.16. The van der Waals surface area contributed by atoms with Gasteiger partial charge in [0.1, 0.15) is 4.90 Å². The summed E-state index contributed by atoms with van der Waals surface area (Å²) in [5.74, 6) is -0.756. The molecule has 6 nitrogen and oxygen atoms in total. The smallest absolute Gasteiger partial charge is 0.244 e. The molecule has 0 unspecified atom stereocenters. The van der Waals surface area contributed by atoms with Gasteiger partial charge in [0.2, 0.25) is 10.0 Å². The molecule has 2 rings (SSSR count). The van der Waals surface area contributed by atoms with E-state index in [2.05, 4.69) is 9.88 Å². The van der Waals surface area contributed by atoms with Crippen LogP contribution in [0.2, 0.25) is 5.02 Å². The first kappa shape index (κ1) is 13.8. The molecule has 2 aromatic rings. The number of nitrogen functional groups attached to an aromatic ring is 1. The van der Waals surface area contributed by atoms with Gasteiger partial charge in [0.05, 0.1) is 18.4 Å². The molecule has 1 aromatic carbocycles. The molecule has 0 amide bonds. The normalized spacial score (nSPS) is 11.7. The van der Waals surface area contributed by atoms with Crippen molar-refractivity contribution in [1.29, 1.82) is 0 Å². The van der Waals surface area contributed by atoms with Crippen LogP contribution in [-0.2, 0) is 16.6 Å². The Kier molecular flexibility index (Phi) is 3.74. The zero-order valence-electron chi connectivity index (χ0n) is 9.43. The Hall–Kier alpha value is -1.64. The fourth-order valence-electron chi connectivity index (χ4n) is 1.36. The van der Waals surface area contributed by atoms with Crippen LogP contribution in [0, 0.1) is 5.82 Å². The van der Waals surface area contributed by atoms with Crippen LogP contribution in [0.5, 0.6) is 0 Å². The first-order chi connectivity index (χ1) is 8.90. The van der Waals surface area contributed by atoms with Crippen molar-refractivity contribution in [3.05, 3.63) is 41.0 Å². The van der Waals surface area contributed by atoms with Crippen LogP contribution in [0.15, 0.2) is 33.8 Å². The predicted molar refractivity (Wildman–Crippen MR) is 66.4 cm³/mol. The van der Waals surface area contributed by atoms with Gasteiger partial charge < -0.3 is 10.3 Å². The Morgan fingerprint density at radius 2 is 2.21 bits per heavy atom. The SMILES string of the molecule is Nc1cc(Cl)cc(S(=O)(=O)NCc2ccno2)c1F. The molecule has 1 aromatic heterocycles. The first-order valence-corrected chi connectivity index (χ1v) is 6.90. The maximum Gasteiger partial charge on any atom is 0.244 e. The molecule has 0 bridgehead atoms. The lowest BCUT2D eigenvalue weighted by molar-refractivity contribution is 0.380. The minimum absolute atomic E-state index is 0.0268. The van der Waals surface area contributed by atoms with E-state index in [1.54, 1.807) is 0 Å². The van der Waals surface area contributed by atoms with E-state index in [1.165, 1.54) is 12.3 Å². The van der Waals surface area contributed by atoms with Crippen LogP contribution >= 0.6 is 11.6 Å². The topological polar surface area (TPSA) is 98.2 Å². The lowest BCUT2D eigenvalue weighted by Gasteiger charge is -2.08. The minimum atomic E-state index is -4.09. The van der Waals surface area contributed by atoms with Crippen LogP contribution in [0.25, 0.3) is 0 Å². The van der Waals surface area contributed by atoms with E-state index >= 15 is 0 Å². The van der Waals surface area contributed by atoms with E-state index in [0.717, 1.165) is 12.1 Å². The Morgan fingerprint density at radius 1 is 1.47 bits per heavy atom. The highest BCUT2D eigenvalue weighted by atomic mass is 35.5. The molecule has 0 atom stereocenters. The summed E-state index contributed by atoms with van der Waals surface area (Å²) < 4.78 is 44.4. The Bertz CT molecular complexity index is 688. The number of hydrogen-bond acceptors (Lipinski definition) is 5. The number of nitrogens with zero attached hydrogens (tertiary/aromatic N) is 1. The lowest BCUT2D eigenvalue weighted by atomic mass is 10.3. The zero-order chi connectivity index (χ0) is 14.0. The highest BCUT2D eigenvalue weighted by Crippen LogP contribution is 2.25. The van der Waals surface area contributed by atoms with Crippen molar-refractivity contribution in [2.75, 3.05) is 5.73 Å². The van der Waals surface area contributed by atoms with Gasteiger partial charge in [-0.25, -0.2) is 17.5 Å². The number of halogens is 2. The number of aromatic nitrogens is 1. The van der Waals surface area contributed by atoms with E-state index in [1.807, 2.05) is 0 Å². The highest BCUT2D eigenvalue weighted by Gasteiger charge is 2.22. The number of rotatable bonds is 4. The maximum absolute atomic E-state index is 13.7. The Morgan fingerprint density at radius 3 is 2.84 bits per heavy atom. The van der Waals surface area contributed by atoms with Gasteiger partial charge in [0.15, 0.2) is 11.6 Å². The molecule has 0 saturated heterocycles. The molecule has 19 heavy (non-hydrogen) atoms. The van der Waals surface area contributed by atoms with E-state index in [4.69, 9.17) is 21.9 Å². The lowest BCUT2D eigenvalue weighted by Crippen LogP contribution is -2.24. The third-order valence-electron chi connectivity index (χ3n) is 2.25. The molecule has 0 aliphatic rings. The molecular weight excluding hydrogens is 297 g/mol. The number of anilines is 1. The van der Waals surface area contributed by atoms with Gasteiger partial charge in [-0.15, -0.1) is 0 Å². The van der Waals surface area contributed by atoms with E-state index < -0.39 is 20.7 Å². The largest absolute Gasteiger partial charge is 0.396 e. The predicted octanol–water partition coefficient (Wildman–Crippen LogP) is 1.53. The minimum Gasteiger partial charge on any atom is -0.396 e. The monoisotopic (exact) mass is 305 g/mol. The summed E-state index contributed by atoms with van der Waals surface area (Å²) in [4.78, 5) is -0.614. The van der Waals surface area contributed by atoms with Gasteiger partial charge in [-0.1, -0.05) is 16.8 Å². The summed E-state index contributed by atoms with van der Waals surface area (Å²) in [6.45, 7) is -0.159. The van der Waals surface area contributed by atoms with Gasteiger partial charge in [0, 0.05) is 11.1 Å². The molecule has 0 aliphatic heterocycles. The van der Waals surface area contributed by atoms with Crippen molar-refractivity contribution in [2.45, 2.75) is 11.4 Å². The number of nitrogens with one attached hydrogen (secondary N) is 1. The standard InChI is InChI=1S/C10H9ClFN3O3S/c11-6-3-8(13)10(12)9(4-6)19(16,17)15-5-7-1-2-14-18-7/h1-4,15H,5,13H2. The van der Waals surface area contributed by atoms with Crippen LogP contribution in [0.4, 0.5) is 10.1 Å². The number of benzene rings is 1. The number of hydrogen-bond donors (Lipinski definition) is 2. The molecule has 102 valence electrons. The second-order valence-corrected chi connectivity index (χ2v) is 5.78. The van der Waals surface area contributed by atoms with Gasteiger partial charge in [-0.2, -0.15) is 0 Å². The summed E-state index contributed by atoms with van der Waals surface area (Å²) >= 11 is 5.66. The highest BCUT2D eigenvalue weighted by molar-refractivity contribution is 7.89. The molecule has 1 heterocycles. The van der Waals surface area contributed by atoms with Gasteiger partial charge >= 0.3 is 0 Å². The number of nitrogens with two attached hydrogens (primary N) is 1. The summed E-state index contributed by atoms with van der Waals surface area (Å²) in [6.07, 6.45) is 1.36. The zero-order valence-corrected chi connectivity index (χ0v) is 11.0. The summed E-state index contributed by atoms with van der Waals surface area (Å²) in [5.41, 5.74) is 4.99. The van der Waals surface area contributed by atoms with Crippen molar-refractivity contribution < 1.29 is 17.3 Å². The third-order valence-corrected chi connectivity index (χ3v) is 3.87. The second-order valence-electron chi connectivity index (χ2n) is 3.61. The fraction of sp³-hybridized carbons (Fsp3) is 0.100. The molecular formula is C10H9ClFN3O3S. The maximum atomic E-state index is 13.7. The van der Waals surface area contributed by atoms with Crippen molar-refractivity contribution in [3.63, 3.8) is 0 Å². The molecule has 0 radical (unpaired) electrons. The molecule has 0 aliphatic carbocycles. The molecule has 0 saturated carbocycles. The van der Waals surface area contributed by atoms with Crippen LogP contribution < -0.4 is 10.5 Å². The molecule has 9 heteroatoms. The van der Waals surface area contributed by atoms with E-state index in [-0.39, 0.29) is 17.3 Å². The first-order valence-electron chi connectivity index (χ1n) is 5.04. The van der Waals surface area contributed by atoms with E-state index in [9.17, 15) is 12.8 Å². The Balaban J connectivity index is 2.29.